The summed E-state index contributed by atoms with van der Waals surface area (Å²) in [6.45, 7) is 5.33. The van der Waals surface area contributed by atoms with E-state index in [4.69, 9.17) is 5.26 Å². The number of hydrogen-bond donors (Lipinski definition) is 1. The predicted molar refractivity (Wildman–Crippen MR) is 78.3 cm³/mol. The molecule has 1 aliphatic heterocycles. The van der Waals surface area contributed by atoms with Crippen molar-refractivity contribution in [3.05, 3.63) is 29.8 Å². The molecule has 0 amide bonds. The van der Waals surface area contributed by atoms with E-state index in [-0.39, 0.29) is 0 Å². The van der Waals surface area contributed by atoms with Crippen molar-refractivity contribution >= 4 is 5.69 Å². The van der Waals surface area contributed by atoms with E-state index in [1.807, 2.05) is 19.2 Å². The summed E-state index contributed by atoms with van der Waals surface area (Å²) in [4.78, 5) is 4.85. The highest BCUT2D eigenvalue weighted by Gasteiger charge is 2.28. The maximum absolute atomic E-state index is 8.86. The number of hydrogen-bond acceptors (Lipinski definition) is 4. The fourth-order valence-corrected chi connectivity index (χ4v) is 2.75. The van der Waals surface area contributed by atoms with Crippen LogP contribution in [0.25, 0.3) is 0 Å². The van der Waals surface area contributed by atoms with Gasteiger partial charge in [0.2, 0.25) is 0 Å². The number of benzene rings is 1. The normalized spacial score (nSPS) is 24.2. The SMILES string of the molecule is CNCC1CN(c2ccc(C#N)cc2)C(C)CN1C. The van der Waals surface area contributed by atoms with Gasteiger partial charge in [0, 0.05) is 37.4 Å². The van der Waals surface area contributed by atoms with Crippen LogP contribution in [-0.4, -0.2) is 50.7 Å². The molecular formula is C15H22N4. The molecule has 1 saturated heterocycles. The smallest absolute Gasteiger partial charge is 0.0991 e. The number of nitrogens with one attached hydrogen (secondary N) is 1. The van der Waals surface area contributed by atoms with E-state index in [1.165, 1.54) is 5.69 Å². The Kier molecular flexibility index (Phi) is 4.41. The molecule has 1 aliphatic rings. The molecule has 2 unspecified atom stereocenters. The second-order valence-corrected chi connectivity index (χ2v) is 5.31. The number of anilines is 1. The van der Waals surface area contributed by atoms with Crippen molar-refractivity contribution in [2.75, 3.05) is 38.6 Å². The lowest BCUT2D eigenvalue weighted by Gasteiger charge is -2.45. The van der Waals surface area contributed by atoms with E-state index < -0.39 is 0 Å². The Labute approximate surface area is 115 Å². The minimum atomic E-state index is 0.492. The molecule has 1 aromatic carbocycles. The Balaban J connectivity index is 2.15. The molecule has 0 saturated carbocycles. The van der Waals surface area contributed by atoms with Gasteiger partial charge < -0.3 is 10.2 Å². The van der Waals surface area contributed by atoms with Gasteiger partial charge in [-0.1, -0.05) is 0 Å². The van der Waals surface area contributed by atoms with Crippen LogP contribution in [0.2, 0.25) is 0 Å². The third kappa shape index (κ3) is 3.06. The van der Waals surface area contributed by atoms with Gasteiger partial charge in [-0.05, 0) is 45.3 Å². The first-order valence-electron chi connectivity index (χ1n) is 6.77. The molecule has 1 fully saturated rings. The van der Waals surface area contributed by atoms with E-state index in [0.717, 1.165) is 25.2 Å². The molecular weight excluding hydrogens is 236 g/mol. The molecule has 1 heterocycles. The summed E-state index contributed by atoms with van der Waals surface area (Å²) in [6.07, 6.45) is 0. The average molecular weight is 258 g/mol. The van der Waals surface area contributed by atoms with Crippen LogP contribution in [0.4, 0.5) is 5.69 Å². The predicted octanol–water partition coefficient (Wildman–Crippen LogP) is 1.29. The van der Waals surface area contributed by atoms with Crippen molar-refractivity contribution in [1.29, 1.82) is 5.26 Å². The van der Waals surface area contributed by atoms with E-state index in [2.05, 4.69) is 47.3 Å². The molecule has 4 heteroatoms. The van der Waals surface area contributed by atoms with E-state index >= 15 is 0 Å². The van der Waals surface area contributed by atoms with Crippen LogP contribution in [0.15, 0.2) is 24.3 Å². The van der Waals surface area contributed by atoms with Crippen molar-refractivity contribution in [2.24, 2.45) is 0 Å². The first kappa shape index (κ1) is 13.9. The highest BCUT2D eigenvalue weighted by molar-refractivity contribution is 5.51. The fraction of sp³-hybridized carbons (Fsp3) is 0.533. The van der Waals surface area contributed by atoms with Crippen molar-refractivity contribution < 1.29 is 0 Å². The Bertz CT molecular complexity index is 448. The molecule has 0 aliphatic carbocycles. The Hall–Kier alpha value is -1.57. The fourth-order valence-electron chi connectivity index (χ4n) is 2.75. The molecule has 0 bridgehead atoms. The third-order valence-corrected chi connectivity index (χ3v) is 3.88. The van der Waals surface area contributed by atoms with Crippen LogP contribution in [-0.2, 0) is 0 Å². The topological polar surface area (TPSA) is 42.3 Å². The zero-order chi connectivity index (χ0) is 13.8. The maximum atomic E-state index is 8.86. The minimum absolute atomic E-state index is 0.492. The van der Waals surface area contributed by atoms with Crippen LogP contribution < -0.4 is 10.2 Å². The van der Waals surface area contributed by atoms with Crippen molar-refractivity contribution in [3.8, 4) is 6.07 Å². The third-order valence-electron chi connectivity index (χ3n) is 3.88. The molecule has 0 spiro atoms. The van der Waals surface area contributed by atoms with E-state index in [1.54, 1.807) is 0 Å². The number of piperazine rings is 1. The van der Waals surface area contributed by atoms with Crippen molar-refractivity contribution in [3.63, 3.8) is 0 Å². The number of rotatable bonds is 3. The summed E-state index contributed by atoms with van der Waals surface area (Å²) in [5.41, 5.74) is 1.93. The van der Waals surface area contributed by atoms with Gasteiger partial charge in [-0.2, -0.15) is 5.26 Å². The summed E-state index contributed by atoms with van der Waals surface area (Å²) >= 11 is 0. The van der Waals surface area contributed by atoms with E-state index in [9.17, 15) is 0 Å². The second-order valence-electron chi connectivity index (χ2n) is 5.31. The summed E-state index contributed by atoms with van der Waals surface area (Å²) in [7, 11) is 4.19. The zero-order valence-corrected chi connectivity index (χ0v) is 11.9. The zero-order valence-electron chi connectivity index (χ0n) is 11.9. The van der Waals surface area contributed by atoms with Gasteiger partial charge in [0.1, 0.15) is 0 Å². The maximum Gasteiger partial charge on any atom is 0.0991 e. The van der Waals surface area contributed by atoms with Gasteiger partial charge in [0.25, 0.3) is 0 Å². The summed E-state index contributed by atoms with van der Waals surface area (Å²) < 4.78 is 0. The molecule has 0 aromatic heterocycles. The van der Waals surface area contributed by atoms with Gasteiger partial charge in [-0.15, -0.1) is 0 Å². The lowest BCUT2D eigenvalue weighted by Crippen LogP contribution is -2.58. The van der Waals surface area contributed by atoms with Crippen molar-refractivity contribution in [2.45, 2.75) is 19.0 Å². The van der Waals surface area contributed by atoms with Gasteiger partial charge in [-0.25, -0.2) is 0 Å². The van der Waals surface area contributed by atoms with Crippen LogP contribution in [0.5, 0.6) is 0 Å². The Morgan fingerprint density at radius 3 is 2.58 bits per heavy atom. The lowest BCUT2D eigenvalue weighted by molar-refractivity contribution is 0.190. The minimum Gasteiger partial charge on any atom is -0.366 e. The highest BCUT2D eigenvalue weighted by atomic mass is 15.3. The average Bonchev–Trinajstić information content (AvgIpc) is 2.42. The van der Waals surface area contributed by atoms with Gasteiger partial charge in [0.15, 0.2) is 0 Å². The van der Waals surface area contributed by atoms with Gasteiger partial charge in [0.05, 0.1) is 11.6 Å². The lowest BCUT2D eigenvalue weighted by atomic mass is 10.1. The Morgan fingerprint density at radius 2 is 2.00 bits per heavy atom. The van der Waals surface area contributed by atoms with Crippen molar-refractivity contribution in [1.82, 2.24) is 10.2 Å². The molecule has 1 aromatic rings. The first-order chi connectivity index (χ1) is 9.15. The number of nitriles is 1. The molecule has 102 valence electrons. The Morgan fingerprint density at radius 1 is 1.32 bits per heavy atom. The summed E-state index contributed by atoms with van der Waals surface area (Å²) in [5, 5.41) is 12.1. The van der Waals surface area contributed by atoms with E-state index in [0.29, 0.717) is 12.1 Å². The highest BCUT2D eigenvalue weighted by Crippen LogP contribution is 2.22. The molecule has 19 heavy (non-hydrogen) atoms. The second kappa shape index (κ2) is 6.05. The molecule has 1 N–H and O–H groups in total. The molecule has 0 radical (unpaired) electrons. The molecule has 4 nitrogen and oxygen atoms in total. The van der Waals surface area contributed by atoms with Gasteiger partial charge in [-0.3, -0.25) is 4.90 Å². The molecule has 2 atom stereocenters. The monoisotopic (exact) mass is 258 g/mol. The standard InChI is InChI=1S/C15H22N4/c1-12-10-18(3)15(9-17-2)11-19(12)14-6-4-13(8-16)5-7-14/h4-7,12,15,17H,9-11H2,1-3H3. The van der Waals surface area contributed by atoms with Crippen LogP contribution in [0.1, 0.15) is 12.5 Å². The largest absolute Gasteiger partial charge is 0.366 e. The van der Waals surface area contributed by atoms with Crippen LogP contribution >= 0.6 is 0 Å². The number of nitrogens with zero attached hydrogens (tertiary/aromatic N) is 3. The summed E-state index contributed by atoms with van der Waals surface area (Å²) in [6, 6.07) is 11.1. The van der Waals surface area contributed by atoms with Crippen LogP contribution in [0.3, 0.4) is 0 Å². The number of likely N-dealkylation sites (N-methyl/N-ethyl adjacent to an activating group) is 2. The summed E-state index contributed by atoms with van der Waals surface area (Å²) in [5.74, 6) is 0. The van der Waals surface area contributed by atoms with Crippen LogP contribution in [0, 0.1) is 11.3 Å². The first-order valence-corrected chi connectivity index (χ1v) is 6.77. The quantitative estimate of drug-likeness (QED) is 0.887. The van der Waals surface area contributed by atoms with Gasteiger partial charge >= 0.3 is 0 Å². The molecule has 2 rings (SSSR count).